The van der Waals surface area contributed by atoms with E-state index in [1.165, 1.54) is 0 Å². The Morgan fingerprint density at radius 2 is 2.04 bits per heavy atom. The monoisotopic (exact) mass is 337 g/mol. The van der Waals surface area contributed by atoms with Gasteiger partial charge in [-0.05, 0) is 46.7 Å². The van der Waals surface area contributed by atoms with Crippen LogP contribution in [0.1, 0.15) is 15.9 Å². The first-order chi connectivity index (χ1) is 12.2. The van der Waals surface area contributed by atoms with Crippen molar-refractivity contribution >= 4 is 5.91 Å². The average Bonchev–Trinajstić information content (AvgIpc) is 3.08. The number of benzene rings is 2. The minimum atomic E-state index is -0.125. The van der Waals surface area contributed by atoms with E-state index in [2.05, 4.69) is 20.8 Å². The number of amides is 1. The van der Waals surface area contributed by atoms with E-state index in [1.54, 1.807) is 31.0 Å². The summed E-state index contributed by atoms with van der Waals surface area (Å²) >= 11 is 0. The molecule has 0 atom stereocenters. The lowest BCUT2D eigenvalue weighted by atomic mass is 10.1. The third kappa shape index (κ3) is 4.00. The molecule has 25 heavy (non-hydrogen) atoms. The number of aryl methyl sites for hydroxylation is 1. The van der Waals surface area contributed by atoms with Crippen molar-refractivity contribution in [3.63, 3.8) is 0 Å². The number of ether oxygens (including phenoxy) is 1. The third-order valence-corrected chi connectivity index (χ3v) is 3.84. The first-order valence-electron chi connectivity index (χ1n) is 7.91. The lowest BCUT2D eigenvalue weighted by Gasteiger charge is -2.08. The van der Waals surface area contributed by atoms with Crippen LogP contribution >= 0.6 is 0 Å². The molecule has 3 aromatic rings. The van der Waals surface area contributed by atoms with Crippen LogP contribution in [-0.2, 0) is 13.5 Å². The number of nitrogens with one attached hydrogen (secondary N) is 1. The fourth-order valence-electron chi connectivity index (χ4n) is 2.52. The van der Waals surface area contributed by atoms with Gasteiger partial charge < -0.3 is 10.1 Å². The Kier molecular flexibility index (Phi) is 5.03. The highest BCUT2D eigenvalue weighted by atomic mass is 16.5. The van der Waals surface area contributed by atoms with Crippen LogP contribution in [0.4, 0.5) is 0 Å². The van der Waals surface area contributed by atoms with E-state index in [-0.39, 0.29) is 5.91 Å². The maximum Gasteiger partial charge on any atom is 0.251 e. The summed E-state index contributed by atoms with van der Waals surface area (Å²) in [5, 5.41) is 14.3. The Morgan fingerprint density at radius 3 is 2.80 bits per heavy atom. The zero-order valence-electron chi connectivity index (χ0n) is 14.1. The lowest BCUT2D eigenvalue weighted by Crippen LogP contribution is -2.25. The van der Waals surface area contributed by atoms with E-state index in [1.807, 2.05) is 36.4 Å². The number of carbonyl (C=O) groups is 1. The Balaban J connectivity index is 1.62. The van der Waals surface area contributed by atoms with Crippen molar-refractivity contribution < 1.29 is 9.53 Å². The summed E-state index contributed by atoms with van der Waals surface area (Å²) in [4.78, 5) is 12.4. The third-order valence-electron chi connectivity index (χ3n) is 3.84. The maximum atomic E-state index is 12.4. The quantitative estimate of drug-likeness (QED) is 0.742. The van der Waals surface area contributed by atoms with Gasteiger partial charge in [0.25, 0.3) is 5.91 Å². The first kappa shape index (κ1) is 16.6. The van der Waals surface area contributed by atoms with Gasteiger partial charge >= 0.3 is 0 Å². The molecular weight excluding hydrogens is 318 g/mol. The SMILES string of the molecule is COc1cccc(CCNC(=O)c2cccc(-c3nnnn3C)c2)c1. The molecule has 1 heterocycles. The minimum absolute atomic E-state index is 0.125. The van der Waals surface area contributed by atoms with Gasteiger partial charge in [-0.2, -0.15) is 0 Å². The molecule has 1 aromatic heterocycles. The van der Waals surface area contributed by atoms with Crippen LogP contribution in [0.5, 0.6) is 5.75 Å². The van der Waals surface area contributed by atoms with Crippen LogP contribution in [0.2, 0.25) is 0 Å². The average molecular weight is 337 g/mol. The van der Waals surface area contributed by atoms with Crippen LogP contribution in [-0.4, -0.2) is 39.8 Å². The van der Waals surface area contributed by atoms with Crippen molar-refractivity contribution in [2.75, 3.05) is 13.7 Å². The first-order valence-corrected chi connectivity index (χ1v) is 7.91. The highest BCUT2D eigenvalue weighted by molar-refractivity contribution is 5.95. The molecule has 7 heteroatoms. The molecule has 0 saturated heterocycles. The van der Waals surface area contributed by atoms with Gasteiger partial charge in [0.05, 0.1) is 7.11 Å². The van der Waals surface area contributed by atoms with E-state index in [9.17, 15) is 4.79 Å². The Labute approximate surface area is 145 Å². The summed E-state index contributed by atoms with van der Waals surface area (Å²) in [6.07, 6.45) is 0.732. The fourth-order valence-corrected chi connectivity index (χ4v) is 2.52. The molecule has 0 aliphatic heterocycles. The van der Waals surface area contributed by atoms with E-state index >= 15 is 0 Å². The molecule has 0 bridgehead atoms. The zero-order chi connectivity index (χ0) is 17.6. The predicted molar refractivity (Wildman–Crippen MR) is 93.3 cm³/mol. The summed E-state index contributed by atoms with van der Waals surface area (Å²) in [6.45, 7) is 0.543. The molecule has 0 saturated carbocycles. The maximum absolute atomic E-state index is 12.4. The van der Waals surface area contributed by atoms with Gasteiger partial charge in [-0.25, -0.2) is 4.68 Å². The second-order valence-corrected chi connectivity index (χ2v) is 5.56. The summed E-state index contributed by atoms with van der Waals surface area (Å²) in [5.41, 5.74) is 2.48. The molecule has 1 amide bonds. The van der Waals surface area contributed by atoms with Crippen molar-refractivity contribution in [3.05, 3.63) is 59.7 Å². The predicted octanol–water partition coefficient (Wildman–Crippen LogP) is 1.86. The number of hydrogen-bond acceptors (Lipinski definition) is 5. The number of methoxy groups -OCH3 is 1. The molecule has 3 rings (SSSR count). The molecule has 0 unspecified atom stereocenters. The van der Waals surface area contributed by atoms with Gasteiger partial charge in [0.1, 0.15) is 5.75 Å². The summed E-state index contributed by atoms with van der Waals surface area (Å²) in [5.74, 6) is 1.31. The molecule has 1 N–H and O–H groups in total. The smallest absolute Gasteiger partial charge is 0.251 e. The van der Waals surface area contributed by atoms with Gasteiger partial charge in [0.2, 0.25) is 0 Å². The second-order valence-electron chi connectivity index (χ2n) is 5.56. The van der Waals surface area contributed by atoms with E-state index < -0.39 is 0 Å². The number of tetrazole rings is 1. The summed E-state index contributed by atoms with van der Waals surface area (Å²) < 4.78 is 6.77. The molecule has 2 aromatic carbocycles. The van der Waals surface area contributed by atoms with Crippen LogP contribution in [0.3, 0.4) is 0 Å². The highest BCUT2D eigenvalue weighted by Gasteiger charge is 2.10. The van der Waals surface area contributed by atoms with Crippen LogP contribution in [0.15, 0.2) is 48.5 Å². The number of nitrogens with zero attached hydrogens (tertiary/aromatic N) is 4. The Morgan fingerprint density at radius 1 is 1.20 bits per heavy atom. The van der Waals surface area contributed by atoms with Gasteiger partial charge in [-0.1, -0.05) is 24.3 Å². The van der Waals surface area contributed by atoms with Gasteiger partial charge in [-0.3, -0.25) is 4.79 Å². The molecule has 0 fully saturated rings. The number of rotatable bonds is 6. The molecule has 0 radical (unpaired) electrons. The summed E-state index contributed by atoms with van der Waals surface area (Å²) in [7, 11) is 3.40. The van der Waals surface area contributed by atoms with Crippen molar-refractivity contribution in [3.8, 4) is 17.1 Å². The van der Waals surface area contributed by atoms with Gasteiger partial charge in [0.15, 0.2) is 5.82 Å². The molecule has 128 valence electrons. The van der Waals surface area contributed by atoms with Crippen molar-refractivity contribution in [2.24, 2.45) is 7.05 Å². The molecule has 0 aliphatic rings. The molecular formula is C18H19N5O2. The van der Waals surface area contributed by atoms with E-state index in [4.69, 9.17) is 4.74 Å². The zero-order valence-corrected chi connectivity index (χ0v) is 14.1. The Bertz CT molecular complexity index is 875. The van der Waals surface area contributed by atoms with Gasteiger partial charge in [-0.15, -0.1) is 5.10 Å². The fraction of sp³-hybridized carbons (Fsp3) is 0.222. The second kappa shape index (κ2) is 7.57. The Hall–Kier alpha value is -3.22. The van der Waals surface area contributed by atoms with Crippen molar-refractivity contribution in [1.82, 2.24) is 25.5 Å². The van der Waals surface area contributed by atoms with Crippen LogP contribution < -0.4 is 10.1 Å². The standard InChI is InChI=1S/C18H19N5O2/c1-23-17(20-21-22-23)14-6-4-7-15(12-14)18(24)19-10-9-13-5-3-8-16(11-13)25-2/h3-8,11-12H,9-10H2,1-2H3,(H,19,24). The van der Waals surface area contributed by atoms with E-state index in [0.29, 0.717) is 17.9 Å². The minimum Gasteiger partial charge on any atom is -0.497 e. The summed E-state index contributed by atoms with van der Waals surface area (Å²) in [6, 6.07) is 15.1. The number of hydrogen-bond donors (Lipinski definition) is 1. The normalized spacial score (nSPS) is 10.5. The van der Waals surface area contributed by atoms with Crippen molar-refractivity contribution in [1.29, 1.82) is 0 Å². The van der Waals surface area contributed by atoms with E-state index in [0.717, 1.165) is 23.3 Å². The molecule has 0 aliphatic carbocycles. The lowest BCUT2D eigenvalue weighted by molar-refractivity contribution is 0.0954. The molecule has 0 spiro atoms. The van der Waals surface area contributed by atoms with Crippen LogP contribution in [0.25, 0.3) is 11.4 Å². The largest absolute Gasteiger partial charge is 0.497 e. The van der Waals surface area contributed by atoms with Crippen LogP contribution in [0, 0.1) is 0 Å². The molecule has 7 nitrogen and oxygen atoms in total. The van der Waals surface area contributed by atoms with Gasteiger partial charge in [0, 0.05) is 24.7 Å². The topological polar surface area (TPSA) is 81.9 Å². The van der Waals surface area contributed by atoms with Crippen molar-refractivity contribution in [2.45, 2.75) is 6.42 Å². The number of aromatic nitrogens is 4. The number of carbonyl (C=O) groups excluding carboxylic acids is 1. The highest BCUT2D eigenvalue weighted by Crippen LogP contribution is 2.16.